The van der Waals surface area contributed by atoms with Crippen LogP contribution in [0.1, 0.15) is 43.0 Å². The van der Waals surface area contributed by atoms with Gasteiger partial charge in [-0.1, -0.05) is 35.4 Å². The SMILES string of the molecule is CCN(C(=O)c1cn(-c2cc(OC)cc(OCCCCCCI)c2)c2cc(OC)ccc2c1=O)c1cc(F)cc(F)c1. The summed E-state index contributed by atoms with van der Waals surface area (Å²) in [4.78, 5) is 28.6. The summed E-state index contributed by atoms with van der Waals surface area (Å²) in [5, 5.41) is 0.267. The molecular weight excluding hydrogens is 657 g/mol. The Morgan fingerprint density at radius 3 is 2.24 bits per heavy atom. The number of halogens is 3. The third-order valence-electron chi connectivity index (χ3n) is 6.84. The Morgan fingerprint density at radius 1 is 0.881 bits per heavy atom. The first kappa shape index (κ1) is 31.3. The summed E-state index contributed by atoms with van der Waals surface area (Å²) in [6.07, 6.45) is 5.74. The molecule has 1 heterocycles. The summed E-state index contributed by atoms with van der Waals surface area (Å²) in [6.45, 7) is 2.28. The Kier molecular flexibility index (Phi) is 10.8. The average Bonchev–Trinajstić information content (AvgIpc) is 2.98. The molecule has 0 radical (unpaired) electrons. The topological polar surface area (TPSA) is 70.0 Å². The molecule has 0 unspecified atom stereocenters. The predicted octanol–water partition coefficient (Wildman–Crippen LogP) is 7.33. The molecule has 0 fully saturated rings. The highest BCUT2D eigenvalue weighted by Gasteiger charge is 2.23. The number of pyridine rings is 1. The van der Waals surface area contributed by atoms with E-state index >= 15 is 0 Å². The van der Waals surface area contributed by atoms with Crippen molar-refractivity contribution < 1.29 is 27.8 Å². The van der Waals surface area contributed by atoms with Crippen LogP contribution >= 0.6 is 22.6 Å². The second kappa shape index (κ2) is 14.5. The molecule has 0 bridgehead atoms. The van der Waals surface area contributed by atoms with Gasteiger partial charge >= 0.3 is 0 Å². The molecule has 0 saturated heterocycles. The number of aromatic nitrogens is 1. The quantitative estimate of drug-likeness (QED) is 0.0836. The smallest absolute Gasteiger partial charge is 0.263 e. The number of nitrogens with zero attached hydrogens (tertiary/aromatic N) is 2. The van der Waals surface area contributed by atoms with Crippen LogP contribution in [0.15, 0.2) is 65.6 Å². The van der Waals surface area contributed by atoms with Crippen LogP contribution < -0.4 is 24.5 Å². The molecule has 1 amide bonds. The highest BCUT2D eigenvalue weighted by Crippen LogP contribution is 2.30. The maximum absolute atomic E-state index is 14.0. The number of amides is 1. The van der Waals surface area contributed by atoms with E-state index in [9.17, 15) is 18.4 Å². The summed E-state index contributed by atoms with van der Waals surface area (Å²) in [5.41, 5.74) is 0.404. The van der Waals surface area contributed by atoms with E-state index in [1.54, 1.807) is 48.9 Å². The number of carbonyl (C=O) groups is 1. The van der Waals surface area contributed by atoms with Gasteiger partial charge in [0.05, 0.1) is 32.0 Å². The number of alkyl halides is 1. The average molecular weight is 691 g/mol. The molecule has 10 heteroatoms. The van der Waals surface area contributed by atoms with Crippen LogP contribution in [0.2, 0.25) is 0 Å². The molecular formula is C32H33F2IN2O5. The van der Waals surface area contributed by atoms with E-state index in [0.717, 1.165) is 41.9 Å². The minimum atomic E-state index is -0.826. The van der Waals surface area contributed by atoms with Gasteiger partial charge in [-0.05, 0) is 48.5 Å². The normalized spacial score (nSPS) is 11.0. The lowest BCUT2D eigenvalue weighted by Crippen LogP contribution is -2.35. The summed E-state index contributed by atoms with van der Waals surface area (Å²) < 4.78 is 47.9. The van der Waals surface area contributed by atoms with Crippen molar-refractivity contribution in [2.24, 2.45) is 0 Å². The third kappa shape index (κ3) is 7.21. The lowest BCUT2D eigenvalue weighted by Gasteiger charge is -2.22. The monoisotopic (exact) mass is 690 g/mol. The zero-order chi connectivity index (χ0) is 30.2. The van der Waals surface area contributed by atoms with Crippen LogP contribution in [-0.4, -0.2) is 42.3 Å². The number of rotatable bonds is 13. The van der Waals surface area contributed by atoms with Gasteiger partial charge < -0.3 is 23.7 Å². The molecule has 3 aromatic carbocycles. The molecule has 0 spiro atoms. The Labute approximate surface area is 257 Å². The number of hydrogen-bond donors (Lipinski definition) is 0. The van der Waals surface area contributed by atoms with Crippen LogP contribution in [0.3, 0.4) is 0 Å². The number of ether oxygens (including phenoxy) is 3. The van der Waals surface area contributed by atoms with Crippen LogP contribution in [0, 0.1) is 11.6 Å². The second-order valence-corrected chi connectivity index (χ2v) is 10.7. The fourth-order valence-corrected chi connectivity index (χ4v) is 5.26. The standard InChI is InChI=1S/C32H33F2IN2O5/c1-4-36(23-14-21(33)13-22(34)15-23)32(39)29-20-37(30-19-25(40-2)9-10-28(30)31(29)38)24-16-26(41-3)18-27(17-24)42-12-8-6-5-7-11-35/h9-10,13-20H,4-8,11-12H2,1-3H3. The van der Waals surface area contributed by atoms with Crippen molar-refractivity contribution >= 4 is 45.1 Å². The lowest BCUT2D eigenvalue weighted by atomic mass is 10.1. The largest absolute Gasteiger partial charge is 0.497 e. The van der Waals surface area contributed by atoms with Crippen molar-refractivity contribution in [2.45, 2.75) is 32.6 Å². The van der Waals surface area contributed by atoms with Crippen LogP contribution in [0.25, 0.3) is 16.6 Å². The van der Waals surface area contributed by atoms with E-state index in [0.29, 0.717) is 35.1 Å². The zero-order valence-corrected chi connectivity index (χ0v) is 26.0. The van der Waals surface area contributed by atoms with Gasteiger partial charge in [-0.25, -0.2) is 8.78 Å². The molecule has 222 valence electrons. The number of carbonyl (C=O) groups excluding carboxylic acids is 1. The Hall–Kier alpha value is -3.67. The van der Waals surface area contributed by atoms with Gasteiger partial charge in [-0.2, -0.15) is 0 Å². The molecule has 4 aromatic rings. The molecule has 0 N–H and O–H groups in total. The van der Waals surface area contributed by atoms with Crippen molar-refractivity contribution in [3.05, 3.63) is 88.2 Å². The van der Waals surface area contributed by atoms with E-state index in [-0.39, 0.29) is 23.2 Å². The van der Waals surface area contributed by atoms with Crippen molar-refractivity contribution in [2.75, 3.05) is 36.7 Å². The predicted molar refractivity (Wildman–Crippen MR) is 169 cm³/mol. The Morgan fingerprint density at radius 2 is 1.57 bits per heavy atom. The fraction of sp³-hybridized carbons (Fsp3) is 0.312. The van der Waals surface area contributed by atoms with Crippen molar-refractivity contribution in [1.82, 2.24) is 4.57 Å². The molecule has 0 atom stereocenters. The van der Waals surface area contributed by atoms with Crippen molar-refractivity contribution in [3.8, 4) is 22.9 Å². The molecule has 0 saturated carbocycles. The van der Waals surface area contributed by atoms with Gasteiger partial charge in [0.2, 0.25) is 5.43 Å². The van der Waals surface area contributed by atoms with E-state index in [1.807, 2.05) is 6.07 Å². The molecule has 4 rings (SSSR count). The van der Waals surface area contributed by atoms with Crippen molar-refractivity contribution in [3.63, 3.8) is 0 Å². The van der Waals surface area contributed by atoms with Gasteiger partial charge in [0, 0.05) is 54.1 Å². The first-order valence-electron chi connectivity index (χ1n) is 13.7. The molecule has 42 heavy (non-hydrogen) atoms. The molecule has 0 aliphatic carbocycles. The van der Waals surface area contributed by atoms with Gasteiger partial charge in [-0.3, -0.25) is 9.59 Å². The minimum absolute atomic E-state index is 0.0105. The maximum Gasteiger partial charge on any atom is 0.263 e. The van der Waals surface area contributed by atoms with E-state index in [1.165, 1.54) is 24.6 Å². The van der Waals surface area contributed by atoms with Crippen LogP contribution in [0.4, 0.5) is 14.5 Å². The van der Waals surface area contributed by atoms with Crippen LogP contribution in [-0.2, 0) is 0 Å². The number of benzene rings is 3. The molecule has 0 aliphatic heterocycles. The number of hydrogen-bond acceptors (Lipinski definition) is 5. The van der Waals surface area contributed by atoms with Gasteiger partial charge in [0.25, 0.3) is 5.91 Å². The summed E-state index contributed by atoms with van der Waals surface area (Å²) in [7, 11) is 3.07. The zero-order valence-electron chi connectivity index (χ0n) is 23.8. The fourth-order valence-electron chi connectivity index (χ4n) is 4.72. The summed E-state index contributed by atoms with van der Waals surface area (Å²) >= 11 is 2.38. The number of fused-ring (bicyclic) bond motifs is 1. The first-order chi connectivity index (χ1) is 20.3. The molecule has 7 nitrogen and oxygen atoms in total. The highest BCUT2D eigenvalue weighted by atomic mass is 127. The molecule has 1 aromatic heterocycles. The van der Waals surface area contributed by atoms with Gasteiger partial charge in [-0.15, -0.1) is 0 Å². The highest BCUT2D eigenvalue weighted by molar-refractivity contribution is 14.1. The summed E-state index contributed by atoms with van der Waals surface area (Å²) in [6, 6.07) is 13.1. The van der Waals surface area contributed by atoms with Gasteiger partial charge in [0.1, 0.15) is 34.4 Å². The summed E-state index contributed by atoms with van der Waals surface area (Å²) in [5.74, 6) is -0.719. The maximum atomic E-state index is 14.0. The number of anilines is 1. The number of methoxy groups -OCH3 is 2. The number of unbranched alkanes of at least 4 members (excludes halogenated alkanes) is 3. The first-order valence-corrected chi connectivity index (χ1v) is 15.2. The van der Waals surface area contributed by atoms with Crippen molar-refractivity contribution in [1.29, 1.82) is 0 Å². The second-order valence-electron chi connectivity index (χ2n) is 9.62. The lowest BCUT2D eigenvalue weighted by molar-refractivity contribution is 0.0987. The Bertz CT molecular complexity index is 1600. The molecule has 0 aliphatic rings. The van der Waals surface area contributed by atoms with Crippen LogP contribution in [0.5, 0.6) is 17.2 Å². The Balaban J connectivity index is 1.83. The van der Waals surface area contributed by atoms with Gasteiger partial charge in [0.15, 0.2) is 0 Å². The van der Waals surface area contributed by atoms with E-state index < -0.39 is 23.0 Å². The van der Waals surface area contributed by atoms with E-state index in [2.05, 4.69) is 22.6 Å². The minimum Gasteiger partial charge on any atom is -0.497 e. The third-order valence-corrected chi connectivity index (χ3v) is 7.60. The van der Waals surface area contributed by atoms with E-state index in [4.69, 9.17) is 14.2 Å².